The molecule has 0 aromatic rings. The van der Waals surface area contributed by atoms with Crippen LogP contribution in [0.15, 0.2) is 0 Å². The first-order valence-electron chi connectivity index (χ1n) is 2.88. The molecule has 0 aliphatic heterocycles. The molecule has 2 N–H and O–H groups in total. The molecule has 13 heavy (non-hydrogen) atoms. The molecule has 0 aliphatic rings. The van der Waals surface area contributed by atoms with Crippen molar-refractivity contribution in [3.05, 3.63) is 0 Å². The van der Waals surface area contributed by atoms with Gasteiger partial charge in [-0.3, -0.25) is 4.79 Å². The number of hydrogen-bond acceptors (Lipinski definition) is 4. The average molecular weight is 193 g/mol. The normalized spacial score (nSPS) is 9.15. The molecule has 0 heterocycles. The van der Waals surface area contributed by atoms with E-state index in [2.05, 4.69) is 0 Å². The number of carbonyl (C=O) groups excluding carboxylic acids is 1. The Morgan fingerprint density at radius 1 is 1.15 bits per heavy atom. The van der Waals surface area contributed by atoms with Gasteiger partial charge < -0.3 is 10.2 Å². The first-order valence-corrected chi connectivity index (χ1v) is 4.32. The van der Waals surface area contributed by atoms with Crippen molar-refractivity contribution in [2.45, 2.75) is 12.8 Å². The second-order valence-corrected chi connectivity index (χ2v) is 3.35. The van der Waals surface area contributed by atoms with Gasteiger partial charge in [-0.05, 0) is 0 Å². The number of carboxylic acid groups (broad SMARTS) is 1. The van der Waals surface area contributed by atoms with E-state index in [9.17, 15) is 14.2 Å². The Kier molecular flexibility index (Phi) is 15.3. The maximum absolute atomic E-state index is 10.6. The number of aliphatic hydroxyl groups excluding tert-OH is 1. The topological polar surface area (TPSA) is 91.7 Å². The third-order valence-corrected chi connectivity index (χ3v) is 2.00. The number of carbonyl (C=O) groups is 2. The van der Waals surface area contributed by atoms with Crippen molar-refractivity contribution >= 4 is 57.0 Å². The zero-order valence-electron chi connectivity index (χ0n) is 7.69. The minimum absolute atomic E-state index is 0. The van der Waals surface area contributed by atoms with Crippen molar-refractivity contribution in [1.29, 1.82) is 0 Å². The number of carboxylic acids is 1. The molecule has 0 saturated carbocycles. The summed E-state index contributed by atoms with van der Waals surface area (Å²) < 4.78 is 10.5. The zero-order valence-corrected chi connectivity index (χ0v) is 8.58. The molecule has 0 saturated heterocycles. The molecular formula is C5H8Li2O5P+. The molecule has 2 radical (unpaired) electrons. The van der Waals surface area contributed by atoms with Crippen molar-refractivity contribution in [2.75, 3.05) is 6.35 Å². The maximum atomic E-state index is 10.6. The number of aliphatic hydroxyl groups is 1. The quantitative estimate of drug-likeness (QED) is 0.449. The van der Waals surface area contributed by atoms with Crippen LogP contribution in [0.3, 0.4) is 0 Å². The van der Waals surface area contributed by atoms with Gasteiger partial charge in [0.25, 0.3) is 6.35 Å². The third-order valence-electron chi connectivity index (χ3n) is 0.959. The Labute approximate surface area is 100 Å². The molecule has 5 nitrogen and oxygen atoms in total. The van der Waals surface area contributed by atoms with Gasteiger partial charge in [-0.1, -0.05) is 4.57 Å². The molecule has 0 rings (SSSR count). The van der Waals surface area contributed by atoms with Crippen LogP contribution in [0.25, 0.3) is 0 Å². The van der Waals surface area contributed by atoms with E-state index in [1.165, 1.54) is 0 Å². The molecule has 0 aromatic carbocycles. The van der Waals surface area contributed by atoms with Crippen LogP contribution < -0.4 is 0 Å². The van der Waals surface area contributed by atoms with Crippen LogP contribution in [0.2, 0.25) is 0 Å². The van der Waals surface area contributed by atoms with Crippen LogP contribution in [0.4, 0.5) is 0 Å². The monoisotopic (exact) mass is 193 g/mol. The average Bonchev–Trinajstić information content (AvgIpc) is 1.98. The smallest absolute Gasteiger partial charge is 0.442 e. The maximum Gasteiger partial charge on any atom is 0.442 e. The summed E-state index contributed by atoms with van der Waals surface area (Å²) in [7, 11) is -2.27. The predicted octanol–water partition coefficient (Wildman–Crippen LogP) is -0.607. The molecule has 0 aromatic heterocycles. The van der Waals surface area contributed by atoms with E-state index in [-0.39, 0.29) is 50.6 Å². The largest absolute Gasteiger partial charge is 0.481 e. The molecule has 0 amide bonds. The van der Waals surface area contributed by atoms with Gasteiger partial charge in [0, 0.05) is 37.7 Å². The molecule has 64 valence electrons. The van der Waals surface area contributed by atoms with E-state index in [1.807, 2.05) is 0 Å². The van der Waals surface area contributed by atoms with Crippen molar-refractivity contribution < 1.29 is 24.4 Å². The number of rotatable bonds is 5. The summed E-state index contributed by atoms with van der Waals surface area (Å²) >= 11 is 0. The van der Waals surface area contributed by atoms with Crippen LogP contribution in [-0.2, 0) is 14.2 Å². The SMILES string of the molecule is O=C(O)CCC(=O)[P+](=O)CO.[Li].[Li]. The fourth-order valence-electron chi connectivity index (χ4n) is 0.417. The second kappa shape index (κ2) is 10.5. The zero-order chi connectivity index (χ0) is 8.85. The summed E-state index contributed by atoms with van der Waals surface area (Å²) in [5.41, 5.74) is -0.690. The fraction of sp³-hybridized carbons (Fsp3) is 0.600. The van der Waals surface area contributed by atoms with Crippen LogP contribution in [0.1, 0.15) is 12.8 Å². The van der Waals surface area contributed by atoms with Crippen molar-refractivity contribution in [1.82, 2.24) is 0 Å². The molecule has 1 atom stereocenters. The number of hydrogen-bond donors (Lipinski definition) is 2. The minimum Gasteiger partial charge on any atom is -0.481 e. The summed E-state index contributed by atoms with van der Waals surface area (Å²) in [5.74, 6) is -1.11. The van der Waals surface area contributed by atoms with Gasteiger partial charge in [-0.2, -0.15) is 0 Å². The summed E-state index contributed by atoms with van der Waals surface area (Å²) in [6.07, 6.45) is -1.31. The summed E-state index contributed by atoms with van der Waals surface area (Å²) in [5, 5.41) is 16.3. The van der Waals surface area contributed by atoms with Crippen LogP contribution in [0, 0.1) is 0 Å². The van der Waals surface area contributed by atoms with Crippen molar-refractivity contribution in [2.24, 2.45) is 0 Å². The number of aliphatic carboxylic acids is 1. The standard InChI is InChI=1S/C5H7O5P.2Li/c6-3-11(10)5(9)2-1-4(7)8;;/h6H,1-3H2;;/p+1. The van der Waals surface area contributed by atoms with E-state index in [0.29, 0.717) is 0 Å². The Balaban J connectivity index is -0.000000500. The molecule has 0 aliphatic carbocycles. The van der Waals surface area contributed by atoms with Gasteiger partial charge in [0.2, 0.25) is 0 Å². The molecule has 0 fully saturated rings. The van der Waals surface area contributed by atoms with Crippen LogP contribution in [0.5, 0.6) is 0 Å². The van der Waals surface area contributed by atoms with Crippen molar-refractivity contribution in [3.63, 3.8) is 0 Å². The van der Waals surface area contributed by atoms with Gasteiger partial charge in [0.05, 0.1) is 12.8 Å². The molecule has 8 heteroatoms. The Morgan fingerprint density at radius 3 is 1.92 bits per heavy atom. The van der Waals surface area contributed by atoms with Crippen LogP contribution >= 0.6 is 7.80 Å². The Hall–Kier alpha value is 0.395. The van der Waals surface area contributed by atoms with Gasteiger partial charge in [-0.25, -0.2) is 4.79 Å². The van der Waals surface area contributed by atoms with Gasteiger partial charge >= 0.3 is 19.3 Å². The summed E-state index contributed by atoms with van der Waals surface area (Å²) in [6.45, 7) is 0. The molecule has 0 spiro atoms. The first kappa shape index (κ1) is 19.0. The predicted molar refractivity (Wildman–Crippen MR) is 48.1 cm³/mol. The molecule has 1 unspecified atom stereocenters. The van der Waals surface area contributed by atoms with Gasteiger partial charge in [0.15, 0.2) is 0 Å². The second-order valence-electron chi connectivity index (χ2n) is 1.81. The Bertz CT molecular complexity index is 195. The first-order chi connectivity index (χ1) is 5.07. The van der Waals surface area contributed by atoms with Crippen LogP contribution in [-0.4, -0.2) is 65.8 Å². The van der Waals surface area contributed by atoms with E-state index in [4.69, 9.17) is 10.2 Å². The van der Waals surface area contributed by atoms with E-state index in [1.54, 1.807) is 0 Å². The Morgan fingerprint density at radius 2 is 1.62 bits per heavy atom. The van der Waals surface area contributed by atoms with Gasteiger partial charge in [0.1, 0.15) is 0 Å². The van der Waals surface area contributed by atoms with E-state index >= 15 is 0 Å². The minimum atomic E-state index is -2.27. The van der Waals surface area contributed by atoms with Crippen molar-refractivity contribution in [3.8, 4) is 0 Å². The molecular weight excluding hydrogens is 185 g/mol. The fourth-order valence-corrected chi connectivity index (χ4v) is 0.936. The molecule has 0 bridgehead atoms. The van der Waals surface area contributed by atoms with Gasteiger partial charge in [-0.15, -0.1) is 0 Å². The van der Waals surface area contributed by atoms with E-state index in [0.717, 1.165) is 0 Å². The summed E-state index contributed by atoms with van der Waals surface area (Å²) in [4.78, 5) is 20.5. The van der Waals surface area contributed by atoms with E-state index < -0.39 is 25.6 Å². The summed E-state index contributed by atoms with van der Waals surface area (Å²) in [6, 6.07) is 0. The third kappa shape index (κ3) is 10.3.